The van der Waals surface area contributed by atoms with Gasteiger partial charge in [-0.25, -0.2) is 0 Å². The number of thioether (sulfide) groups is 1. The number of rotatable bonds is 5. The Balaban J connectivity index is 2.14. The lowest BCUT2D eigenvalue weighted by Crippen LogP contribution is -2.32. The largest absolute Gasteiger partial charge is 0.314 e. The highest BCUT2D eigenvalue weighted by Gasteiger charge is 2.30. The van der Waals surface area contributed by atoms with Crippen LogP contribution < -0.4 is 5.32 Å². The molecule has 14 heavy (non-hydrogen) atoms. The van der Waals surface area contributed by atoms with Crippen LogP contribution in [-0.4, -0.2) is 24.6 Å². The molecule has 1 saturated carbocycles. The first-order valence-corrected chi connectivity index (χ1v) is 7.15. The Kier molecular flexibility index (Phi) is 4.78. The van der Waals surface area contributed by atoms with E-state index in [0.717, 1.165) is 12.0 Å². The van der Waals surface area contributed by atoms with Crippen LogP contribution in [0.3, 0.4) is 0 Å². The smallest absolute Gasteiger partial charge is 0.00724 e. The Labute approximate surface area is 93.4 Å². The van der Waals surface area contributed by atoms with Crippen molar-refractivity contribution in [2.45, 2.75) is 46.1 Å². The molecule has 0 aliphatic heterocycles. The average Bonchev–Trinajstić information content (AvgIpc) is 2.43. The molecule has 0 aromatic carbocycles. The summed E-state index contributed by atoms with van der Waals surface area (Å²) in [6, 6.07) is 0.786. The summed E-state index contributed by atoms with van der Waals surface area (Å²) in [6.45, 7) is 8.31. The van der Waals surface area contributed by atoms with Gasteiger partial charge in [-0.15, -0.1) is 0 Å². The topological polar surface area (TPSA) is 12.0 Å². The van der Waals surface area contributed by atoms with Gasteiger partial charge in [-0.3, -0.25) is 0 Å². The van der Waals surface area contributed by atoms with E-state index >= 15 is 0 Å². The molecule has 2 heteroatoms. The molecule has 1 nitrogen and oxygen atoms in total. The molecule has 0 radical (unpaired) electrons. The highest BCUT2D eigenvalue weighted by molar-refractivity contribution is 7.98. The highest BCUT2D eigenvalue weighted by Crippen LogP contribution is 2.36. The van der Waals surface area contributed by atoms with Gasteiger partial charge in [-0.1, -0.05) is 20.8 Å². The summed E-state index contributed by atoms with van der Waals surface area (Å²) >= 11 is 1.95. The van der Waals surface area contributed by atoms with E-state index in [9.17, 15) is 0 Å². The molecule has 0 aromatic heterocycles. The first-order chi connectivity index (χ1) is 6.53. The second-order valence-electron chi connectivity index (χ2n) is 5.57. The average molecular weight is 215 g/mol. The van der Waals surface area contributed by atoms with Gasteiger partial charge in [-0.05, 0) is 49.1 Å². The van der Waals surface area contributed by atoms with Crippen LogP contribution in [0.5, 0.6) is 0 Å². The third kappa shape index (κ3) is 4.22. The Hall–Kier alpha value is 0.310. The Morgan fingerprint density at radius 2 is 2.21 bits per heavy atom. The molecule has 1 aliphatic carbocycles. The van der Waals surface area contributed by atoms with E-state index in [2.05, 4.69) is 32.3 Å². The third-order valence-corrected chi connectivity index (χ3v) is 4.08. The van der Waals surface area contributed by atoms with Crippen molar-refractivity contribution in [1.82, 2.24) is 5.32 Å². The molecule has 0 saturated heterocycles. The zero-order valence-electron chi connectivity index (χ0n) is 10.1. The predicted molar refractivity (Wildman–Crippen MR) is 67.0 cm³/mol. The molecule has 0 aromatic rings. The molecule has 1 N–H and O–H groups in total. The van der Waals surface area contributed by atoms with Gasteiger partial charge >= 0.3 is 0 Å². The van der Waals surface area contributed by atoms with Crippen molar-refractivity contribution in [3.05, 3.63) is 0 Å². The molecule has 0 amide bonds. The van der Waals surface area contributed by atoms with Crippen molar-refractivity contribution in [2.75, 3.05) is 18.6 Å². The molecule has 2 unspecified atom stereocenters. The second kappa shape index (κ2) is 5.41. The van der Waals surface area contributed by atoms with Crippen LogP contribution in [-0.2, 0) is 0 Å². The molecule has 1 fully saturated rings. The molecular formula is C12H25NS. The summed E-state index contributed by atoms with van der Waals surface area (Å²) < 4.78 is 0. The summed E-state index contributed by atoms with van der Waals surface area (Å²) in [5.74, 6) is 2.09. The number of nitrogens with one attached hydrogen (secondary N) is 1. The van der Waals surface area contributed by atoms with Crippen LogP contribution in [0, 0.1) is 11.3 Å². The van der Waals surface area contributed by atoms with Crippen molar-refractivity contribution in [3.8, 4) is 0 Å². The number of hydrogen-bond donors (Lipinski definition) is 1. The van der Waals surface area contributed by atoms with E-state index < -0.39 is 0 Å². The van der Waals surface area contributed by atoms with E-state index in [-0.39, 0.29) is 0 Å². The molecule has 2 atom stereocenters. The first-order valence-electron chi connectivity index (χ1n) is 5.76. The van der Waals surface area contributed by atoms with E-state index in [1.807, 2.05) is 11.8 Å². The van der Waals surface area contributed by atoms with Crippen molar-refractivity contribution < 1.29 is 0 Å². The molecule has 1 aliphatic rings. The standard InChI is InChI=1S/C12H25NS/c1-10(9-14-4)8-13-11-5-6-12(2,3)7-11/h10-11,13H,5-9H2,1-4H3. The van der Waals surface area contributed by atoms with Gasteiger partial charge in [0.25, 0.3) is 0 Å². The Morgan fingerprint density at radius 3 is 2.71 bits per heavy atom. The quantitative estimate of drug-likeness (QED) is 0.756. The molecular weight excluding hydrogens is 190 g/mol. The van der Waals surface area contributed by atoms with Crippen molar-refractivity contribution >= 4 is 11.8 Å². The summed E-state index contributed by atoms with van der Waals surface area (Å²) in [7, 11) is 0. The van der Waals surface area contributed by atoms with Crippen molar-refractivity contribution in [1.29, 1.82) is 0 Å². The van der Waals surface area contributed by atoms with E-state index in [1.165, 1.54) is 31.6 Å². The van der Waals surface area contributed by atoms with Crippen LogP contribution in [0.1, 0.15) is 40.0 Å². The summed E-state index contributed by atoms with van der Waals surface area (Å²) in [5.41, 5.74) is 0.584. The maximum absolute atomic E-state index is 3.71. The van der Waals surface area contributed by atoms with E-state index in [1.54, 1.807) is 0 Å². The molecule has 1 rings (SSSR count). The van der Waals surface area contributed by atoms with Crippen LogP contribution in [0.2, 0.25) is 0 Å². The summed E-state index contributed by atoms with van der Waals surface area (Å²) in [5, 5.41) is 3.71. The van der Waals surface area contributed by atoms with Gasteiger partial charge in [0.15, 0.2) is 0 Å². The Morgan fingerprint density at radius 1 is 1.50 bits per heavy atom. The van der Waals surface area contributed by atoms with Gasteiger partial charge in [0.2, 0.25) is 0 Å². The van der Waals surface area contributed by atoms with Crippen LogP contribution in [0.15, 0.2) is 0 Å². The van der Waals surface area contributed by atoms with Crippen LogP contribution in [0.25, 0.3) is 0 Å². The minimum absolute atomic E-state index is 0.584. The van der Waals surface area contributed by atoms with Crippen molar-refractivity contribution in [2.24, 2.45) is 11.3 Å². The van der Waals surface area contributed by atoms with Crippen LogP contribution >= 0.6 is 11.8 Å². The van der Waals surface area contributed by atoms with Gasteiger partial charge in [0.05, 0.1) is 0 Å². The predicted octanol–water partition coefficient (Wildman–Crippen LogP) is 3.15. The summed E-state index contributed by atoms with van der Waals surface area (Å²) in [6.07, 6.45) is 6.31. The fourth-order valence-corrected chi connectivity index (χ4v) is 3.01. The van der Waals surface area contributed by atoms with Gasteiger partial charge in [0.1, 0.15) is 0 Å². The van der Waals surface area contributed by atoms with Gasteiger partial charge < -0.3 is 5.32 Å². The van der Waals surface area contributed by atoms with Gasteiger partial charge in [-0.2, -0.15) is 11.8 Å². The maximum Gasteiger partial charge on any atom is 0.00724 e. The van der Waals surface area contributed by atoms with Crippen molar-refractivity contribution in [3.63, 3.8) is 0 Å². The molecule has 0 bridgehead atoms. The number of hydrogen-bond acceptors (Lipinski definition) is 2. The lowest BCUT2D eigenvalue weighted by Gasteiger charge is -2.19. The monoisotopic (exact) mass is 215 g/mol. The SMILES string of the molecule is CSCC(C)CNC1CCC(C)(C)C1. The lowest BCUT2D eigenvalue weighted by atomic mass is 9.92. The van der Waals surface area contributed by atoms with E-state index in [0.29, 0.717) is 5.41 Å². The first kappa shape index (κ1) is 12.4. The fourth-order valence-electron chi connectivity index (χ4n) is 2.32. The minimum Gasteiger partial charge on any atom is -0.314 e. The second-order valence-corrected chi connectivity index (χ2v) is 6.48. The normalized spacial score (nSPS) is 27.9. The zero-order valence-corrected chi connectivity index (χ0v) is 10.9. The maximum atomic E-state index is 3.71. The molecule has 0 spiro atoms. The Bertz CT molecular complexity index is 168. The highest BCUT2D eigenvalue weighted by atomic mass is 32.2. The molecule has 84 valence electrons. The van der Waals surface area contributed by atoms with Crippen LogP contribution in [0.4, 0.5) is 0 Å². The minimum atomic E-state index is 0.584. The summed E-state index contributed by atoms with van der Waals surface area (Å²) in [4.78, 5) is 0. The zero-order chi connectivity index (χ0) is 10.6. The lowest BCUT2D eigenvalue weighted by molar-refractivity contribution is 0.360. The van der Waals surface area contributed by atoms with E-state index in [4.69, 9.17) is 0 Å². The van der Waals surface area contributed by atoms with Gasteiger partial charge in [0, 0.05) is 6.04 Å². The molecule has 0 heterocycles. The fraction of sp³-hybridized carbons (Fsp3) is 1.00. The third-order valence-electron chi connectivity index (χ3n) is 3.17.